The SMILES string of the molecule is Cn1cc(CN(CC(=O)O)C(=O)OCC2c3ccccc3-c3ccccc32)cn1. The predicted molar refractivity (Wildman–Crippen MR) is 106 cm³/mol. The summed E-state index contributed by atoms with van der Waals surface area (Å²) in [7, 11) is 1.76. The summed E-state index contributed by atoms with van der Waals surface area (Å²) in [6.07, 6.45) is 2.69. The molecule has 0 fully saturated rings. The van der Waals surface area contributed by atoms with Crippen molar-refractivity contribution in [2.24, 2.45) is 7.05 Å². The molecule has 1 amide bonds. The molecule has 29 heavy (non-hydrogen) atoms. The summed E-state index contributed by atoms with van der Waals surface area (Å²) in [6, 6.07) is 16.1. The molecule has 0 bridgehead atoms. The van der Waals surface area contributed by atoms with Gasteiger partial charge in [0.1, 0.15) is 13.2 Å². The van der Waals surface area contributed by atoms with Crippen molar-refractivity contribution in [1.82, 2.24) is 14.7 Å². The van der Waals surface area contributed by atoms with Crippen LogP contribution >= 0.6 is 0 Å². The van der Waals surface area contributed by atoms with Crippen LogP contribution in [-0.4, -0.2) is 45.0 Å². The Kier molecular flexibility index (Phi) is 5.03. The van der Waals surface area contributed by atoms with Gasteiger partial charge in [0.05, 0.1) is 12.7 Å². The van der Waals surface area contributed by atoms with E-state index in [9.17, 15) is 14.7 Å². The quantitative estimate of drug-likeness (QED) is 0.697. The summed E-state index contributed by atoms with van der Waals surface area (Å²) in [6.45, 7) is -0.168. The molecule has 148 valence electrons. The second kappa shape index (κ2) is 7.79. The first kappa shape index (κ1) is 18.7. The average molecular weight is 391 g/mol. The van der Waals surface area contributed by atoms with Gasteiger partial charge in [-0.25, -0.2) is 4.79 Å². The van der Waals surface area contributed by atoms with Crippen LogP contribution in [0, 0.1) is 0 Å². The summed E-state index contributed by atoms with van der Waals surface area (Å²) >= 11 is 0. The Morgan fingerprint density at radius 3 is 2.28 bits per heavy atom. The van der Waals surface area contributed by atoms with Gasteiger partial charge >= 0.3 is 12.1 Å². The minimum atomic E-state index is -1.10. The number of carbonyl (C=O) groups excluding carboxylic acids is 1. The minimum absolute atomic E-state index is 0.0728. The molecule has 2 aromatic carbocycles. The third-order valence-electron chi connectivity index (χ3n) is 5.05. The van der Waals surface area contributed by atoms with Gasteiger partial charge in [0.2, 0.25) is 0 Å². The number of hydrogen-bond donors (Lipinski definition) is 1. The standard InChI is InChI=1S/C22H21N3O4/c1-24-11-15(10-23-24)12-25(13-21(26)27)22(28)29-14-20-18-8-4-2-6-16(18)17-7-3-5-9-19(17)20/h2-11,20H,12-14H2,1H3,(H,26,27). The van der Waals surface area contributed by atoms with Crippen LogP contribution in [0.15, 0.2) is 60.9 Å². The Hall–Kier alpha value is -3.61. The predicted octanol–water partition coefficient (Wildman–Crippen LogP) is 3.26. The molecule has 7 nitrogen and oxygen atoms in total. The molecule has 3 aromatic rings. The Balaban J connectivity index is 1.51. The van der Waals surface area contributed by atoms with E-state index in [2.05, 4.69) is 17.2 Å². The fourth-order valence-electron chi connectivity index (χ4n) is 3.81. The van der Waals surface area contributed by atoms with Gasteiger partial charge in [-0.2, -0.15) is 5.10 Å². The van der Waals surface area contributed by atoms with E-state index in [4.69, 9.17) is 4.74 Å². The van der Waals surface area contributed by atoms with Crippen molar-refractivity contribution in [3.8, 4) is 11.1 Å². The van der Waals surface area contributed by atoms with E-state index in [1.165, 1.54) is 4.90 Å². The van der Waals surface area contributed by atoms with Gasteiger partial charge in [0, 0.05) is 24.7 Å². The lowest BCUT2D eigenvalue weighted by molar-refractivity contribution is -0.138. The van der Waals surface area contributed by atoms with Gasteiger partial charge in [0.15, 0.2) is 0 Å². The van der Waals surface area contributed by atoms with Gasteiger partial charge < -0.3 is 9.84 Å². The van der Waals surface area contributed by atoms with E-state index in [0.717, 1.165) is 27.8 Å². The zero-order valence-electron chi connectivity index (χ0n) is 16.0. The number of aryl methyl sites for hydroxylation is 1. The molecule has 7 heteroatoms. The third kappa shape index (κ3) is 3.85. The van der Waals surface area contributed by atoms with Gasteiger partial charge in [-0.05, 0) is 22.3 Å². The molecule has 1 heterocycles. The largest absolute Gasteiger partial charge is 0.480 e. The number of ether oxygens (including phenoxy) is 1. The highest BCUT2D eigenvalue weighted by molar-refractivity contribution is 5.79. The van der Waals surface area contributed by atoms with E-state index in [1.54, 1.807) is 24.1 Å². The van der Waals surface area contributed by atoms with E-state index in [1.807, 2.05) is 36.4 Å². The molecule has 0 aliphatic heterocycles. The number of amides is 1. The number of carbonyl (C=O) groups is 2. The second-order valence-corrected chi connectivity index (χ2v) is 7.08. The Bertz CT molecular complexity index is 1010. The van der Waals surface area contributed by atoms with Crippen LogP contribution in [0.5, 0.6) is 0 Å². The maximum atomic E-state index is 12.7. The molecule has 0 atom stereocenters. The van der Waals surface area contributed by atoms with Gasteiger partial charge in [-0.15, -0.1) is 0 Å². The number of nitrogens with zero attached hydrogens (tertiary/aromatic N) is 3. The van der Waals surface area contributed by atoms with Crippen LogP contribution in [0.3, 0.4) is 0 Å². The lowest BCUT2D eigenvalue weighted by atomic mass is 9.98. The van der Waals surface area contributed by atoms with Crippen LogP contribution < -0.4 is 0 Å². The number of aliphatic carboxylic acids is 1. The monoisotopic (exact) mass is 391 g/mol. The summed E-state index contributed by atoms with van der Waals surface area (Å²) < 4.78 is 7.18. The van der Waals surface area contributed by atoms with Crippen LogP contribution in [0.1, 0.15) is 22.6 Å². The van der Waals surface area contributed by atoms with Crippen molar-refractivity contribution in [2.45, 2.75) is 12.5 Å². The summed E-state index contributed by atoms with van der Waals surface area (Å²) in [5.74, 6) is -1.17. The summed E-state index contributed by atoms with van der Waals surface area (Å²) in [5.41, 5.74) is 5.24. The fourth-order valence-corrected chi connectivity index (χ4v) is 3.81. The number of carboxylic acid groups (broad SMARTS) is 1. The second-order valence-electron chi connectivity index (χ2n) is 7.08. The highest BCUT2D eigenvalue weighted by Gasteiger charge is 2.30. The maximum Gasteiger partial charge on any atom is 0.410 e. The summed E-state index contributed by atoms with van der Waals surface area (Å²) in [4.78, 5) is 25.1. The maximum absolute atomic E-state index is 12.7. The number of aromatic nitrogens is 2. The van der Waals surface area contributed by atoms with Crippen LogP contribution in [-0.2, 0) is 23.1 Å². The zero-order valence-corrected chi connectivity index (χ0v) is 16.0. The average Bonchev–Trinajstić information content (AvgIpc) is 3.26. The molecule has 0 radical (unpaired) electrons. The highest BCUT2D eigenvalue weighted by atomic mass is 16.6. The molecular formula is C22H21N3O4. The van der Waals surface area contributed by atoms with Crippen LogP contribution in [0.2, 0.25) is 0 Å². The van der Waals surface area contributed by atoms with E-state index in [0.29, 0.717) is 0 Å². The fraction of sp³-hybridized carbons (Fsp3) is 0.227. The van der Waals surface area contributed by atoms with Crippen molar-refractivity contribution >= 4 is 12.1 Å². The molecule has 1 aliphatic rings. The smallest absolute Gasteiger partial charge is 0.410 e. The number of rotatable bonds is 6. The van der Waals surface area contributed by atoms with Crippen molar-refractivity contribution in [1.29, 1.82) is 0 Å². The Labute approximate surface area is 168 Å². The number of fused-ring (bicyclic) bond motifs is 3. The lowest BCUT2D eigenvalue weighted by Gasteiger charge is -2.21. The number of benzene rings is 2. The first-order valence-electron chi connectivity index (χ1n) is 9.32. The normalized spacial score (nSPS) is 12.3. The molecule has 0 saturated heterocycles. The van der Waals surface area contributed by atoms with Crippen molar-refractivity contribution in [3.63, 3.8) is 0 Å². The molecule has 0 spiro atoms. The van der Waals surface area contributed by atoms with E-state index < -0.39 is 18.6 Å². The molecule has 1 N–H and O–H groups in total. The van der Waals surface area contributed by atoms with Crippen molar-refractivity contribution in [3.05, 3.63) is 77.6 Å². The molecular weight excluding hydrogens is 370 g/mol. The van der Waals surface area contributed by atoms with Crippen LogP contribution in [0.25, 0.3) is 11.1 Å². The van der Waals surface area contributed by atoms with E-state index >= 15 is 0 Å². The Morgan fingerprint density at radius 2 is 1.72 bits per heavy atom. The van der Waals surface area contributed by atoms with Gasteiger partial charge in [-0.1, -0.05) is 48.5 Å². The van der Waals surface area contributed by atoms with E-state index in [-0.39, 0.29) is 19.1 Å². The summed E-state index contributed by atoms with van der Waals surface area (Å²) in [5, 5.41) is 13.2. The van der Waals surface area contributed by atoms with Gasteiger partial charge in [-0.3, -0.25) is 14.4 Å². The Morgan fingerprint density at radius 1 is 1.10 bits per heavy atom. The first-order chi connectivity index (χ1) is 14.0. The molecule has 0 unspecified atom stereocenters. The molecule has 0 saturated carbocycles. The van der Waals surface area contributed by atoms with Crippen LogP contribution in [0.4, 0.5) is 4.79 Å². The van der Waals surface area contributed by atoms with Crippen molar-refractivity contribution in [2.75, 3.05) is 13.2 Å². The third-order valence-corrected chi connectivity index (χ3v) is 5.05. The topological polar surface area (TPSA) is 84.7 Å². The first-order valence-corrected chi connectivity index (χ1v) is 9.32. The lowest BCUT2D eigenvalue weighted by Crippen LogP contribution is -2.36. The number of hydrogen-bond acceptors (Lipinski definition) is 4. The minimum Gasteiger partial charge on any atom is -0.480 e. The zero-order chi connectivity index (χ0) is 20.4. The molecule has 1 aliphatic carbocycles. The molecule has 1 aromatic heterocycles. The molecule has 4 rings (SSSR count). The van der Waals surface area contributed by atoms with Gasteiger partial charge in [0.25, 0.3) is 0 Å². The van der Waals surface area contributed by atoms with Crippen molar-refractivity contribution < 1.29 is 19.4 Å². The highest BCUT2D eigenvalue weighted by Crippen LogP contribution is 2.44. The number of carboxylic acids is 1.